The Kier molecular flexibility index (Phi) is 3.75. The number of rotatable bonds is 4. The van der Waals surface area contributed by atoms with Crippen LogP contribution in [0.15, 0.2) is 0 Å². The van der Waals surface area contributed by atoms with E-state index >= 15 is 0 Å². The van der Waals surface area contributed by atoms with Gasteiger partial charge >= 0.3 is 0 Å². The first-order valence-corrected chi connectivity index (χ1v) is 4.97. The van der Waals surface area contributed by atoms with Crippen molar-refractivity contribution in [2.75, 3.05) is 6.61 Å². The Morgan fingerprint density at radius 2 is 2.20 bits per heavy atom. The Labute approximate surface area is 90.4 Å². The molecule has 1 heterocycles. The van der Waals surface area contributed by atoms with Gasteiger partial charge in [-0.15, -0.1) is 11.3 Å². The average Bonchev–Trinajstić information content (AvgIpc) is 2.44. The highest BCUT2D eigenvalue weighted by Crippen LogP contribution is 2.16. The number of aryl methyl sites for hydroxylation is 2. The summed E-state index contributed by atoms with van der Waals surface area (Å²) < 4.78 is 0. The molecule has 0 unspecified atom stereocenters. The molecule has 0 saturated carbocycles. The molecular formula is C8H11N3O3S. The molecule has 6 nitrogen and oxygen atoms in total. The van der Waals surface area contributed by atoms with Gasteiger partial charge in [0.15, 0.2) is 6.61 Å². The van der Waals surface area contributed by atoms with Gasteiger partial charge in [0.1, 0.15) is 4.88 Å². The minimum absolute atomic E-state index is 0.345. The molecule has 1 aromatic rings. The smallest absolute Gasteiger partial charge is 0.286 e. The predicted molar refractivity (Wildman–Crippen MR) is 54.2 cm³/mol. The maximum absolute atomic E-state index is 11.4. The van der Waals surface area contributed by atoms with E-state index in [1.54, 1.807) is 13.8 Å². The first-order chi connectivity index (χ1) is 7.00. The van der Waals surface area contributed by atoms with E-state index in [0.717, 1.165) is 5.01 Å². The third-order valence-electron chi connectivity index (χ3n) is 1.49. The van der Waals surface area contributed by atoms with E-state index in [9.17, 15) is 9.59 Å². The Balaban J connectivity index is 2.54. The first kappa shape index (κ1) is 11.6. The van der Waals surface area contributed by atoms with Crippen LogP contribution in [0.4, 0.5) is 0 Å². The fraction of sp³-hybridized carbons (Fsp3) is 0.375. The Morgan fingerprint density at radius 1 is 1.53 bits per heavy atom. The molecule has 0 aromatic carbocycles. The summed E-state index contributed by atoms with van der Waals surface area (Å²) in [5.74, 6) is -1.06. The van der Waals surface area contributed by atoms with Crippen molar-refractivity contribution in [3.63, 3.8) is 0 Å². The lowest BCUT2D eigenvalue weighted by Gasteiger charge is -2.01. The molecule has 0 atom stereocenters. The summed E-state index contributed by atoms with van der Waals surface area (Å²) in [6.45, 7) is 3.19. The van der Waals surface area contributed by atoms with Crippen LogP contribution < -0.4 is 11.2 Å². The largest absolute Gasteiger partial charge is 0.368 e. The molecule has 7 heteroatoms. The lowest BCUT2D eigenvalue weighted by molar-refractivity contribution is -0.124. The van der Waals surface area contributed by atoms with Crippen molar-refractivity contribution in [1.29, 1.82) is 0 Å². The zero-order valence-electron chi connectivity index (χ0n) is 8.36. The third kappa shape index (κ3) is 3.30. The van der Waals surface area contributed by atoms with E-state index < -0.39 is 11.8 Å². The lowest BCUT2D eigenvalue weighted by Crippen LogP contribution is -2.29. The van der Waals surface area contributed by atoms with Gasteiger partial charge in [-0.05, 0) is 13.8 Å². The van der Waals surface area contributed by atoms with Gasteiger partial charge in [0, 0.05) is 0 Å². The molecule has 0 spiro atoms. The highest BCUT2D eigenvalue weighted by atomic mass is 32.1. The van der Waals surface area contributed by atoms with Crippen LogP contribution in [-0.2, 0) is 9.63 Å². The molecule has 0 saturated heterocycles. The normalized spacial score (nSPS) is 10.0. The van der Waals surface area contributed by atoms with E-state index in [0.29, 0.717) is 10.6 Å². The minimum Gasteiger partial charge on any atom is -0.368 e. The third-order valence-corrected chi connectivity index (χ3v) is 2.56. The average molecular weight is 229 g/mol. The second-order valence-electron chi connectivity index (χ2n) is 2.83. The molecule has 0 aliphatic heterocycles. The van der Waals surface area contributed by atoms with E-state index in [-0.39, 0.29) is 6.61 Å². The predicted octanol–water partition coefficient (Wildman–Crippen LogP) is -0.0934. The van der Waals surface area contributed by atoms with Crippen LogP contribution in [0.3, 0.4) is 0 Å². The van der Waals surface area contributed by atoms with Crippen molar-refractivity contribution in [3.8, 4) is 0 Å². The van der Waals surface area contributed by atoms with Crippen LogP contribution in [0.2, 0.25) is 0 Å². The van der Waals surface area contributed by atoms with Gasteiger partial charge in [0.2, 0.25) is 5.91 Å². The van der Waals surface area contributed by atoms with Crippen LogP contribution in [-0.4, -0.2) is 23.4 Å². The standard InChI is InChI=1S/C8H11N3O3S/c1-4-7(15-5(2)10-4)8(13)11-14-3-6(9)12/h3H2,1-2H3,(H2,9,12)(H,11,13). The number of nitrogens with two attached hydrogens (primary N) is 1. The minimum atomic E-state index is -0.646. The SMILES string of the molecule is Cc1nc(C)c(C(=O)NOCC(N)=O)s1. The molecule has 82 valence electrons. The summed E-state index contributed by atoms with van der Waals surface area (Å²) in [4.78, 5) is 30.9. The highest BCUT2D eigenvalue weighted by molar-refractivity contribution is 7.13. The number of amides is 2. The summed E-state index contributed by atoms with van der Waals surface area (Å²) in [7, 11) is 0. The van der Waals surface area contributed by atoms with E-state index in [4.69, 9.17) is 5.73 Å². The number of thiazole rings is 1. The summed E-state index contributed by atoms with van der Waals surface area (Å²) in [5.41, 5.74) is 7.58. The number of carbonyl (C=O) groups excluding carboxylic acids is 2. The number of nitrogens with zero attached hydrogens (tertiary/aromatic N) is 1. The molecule has 2 amide bonds. The Morgan fingerprint density at radius 3 is 2.67 bits per heavy atom. The number of hydrogen-bond donors (Lipinski definition) is 2. The maximum Gasteiger partial charge on any atom is 0.286 e. The zero-order chi connectivity index (χ0) is 11.4. The molecule has 1 rings (SSSR count). The van der Waals surface area contributed by atoms with Crippen LogP contribution in [0, 0.1) is 13.8 Å². The quantitative estimate of drug-likeness (QED) is 0.705. The summed E-state index contributed by atoms with van der Waals surface area (Å²) in [6.07, 6.45) is 0. The Bertz CT molecular complexity index is 388. The molecule has 0 aliphatic rings. The van der Waals surface area contributed by atoms with E-state index in [1.807, 2.05) is 0 Å². The van der Waals surface area contributed by atoms with Crippen molar-refractivity contribution in [3.05, 3.63) is 15.6 Å². The van der Waals surface area contributed by atoms with Crippen molar-refractivity contribution in [2.24, 2.45) is 5.73 Å². The molecule has 0 fully saturated rings. The van der Waals surface area contributed by atoms with Crippen molar-refractivity contribution < 1.29 is 14.4 Å². The number of hydroxylamine groups is 1. The van der Waals surface area contributed by atoms with Gasteiger partial charge in [-0.25, -0.2) is 10.5 Å². The number of primary amides is 1. The first-order valence-electron chi connectivity index (χ1n) is 4.15. The molecule has 15 heavy (non-hydrogen) atoms. The molecule has 0 aliphatic carbocycles. The van der Waals surface area contributed by atoms with Gasteiger partial charge in [-0.1, -0.05) is 0 Å². The Hall–Kier alpha value is -1.47. The van der Waals surface area contributed by atoms with Gasteiger partial charge in [0.05, 0.1) is 10.7 Å². The number of carbonyl (C=O) groups is 2. The monoisotopic (exact) mass is 229 g/mol. The highest BCUT2D eigenvalue weighted by Gasteiger charge is 2.13. The van der Waals surface area contributed by atoms with Gasteiger partial charge in [0.25, 0.3) is 5.91 Å². The van der Waals surface area contributed by atoms with Crippen molar-refractivity contribution in [2.45, 2.75) is 13.8 Å². The topological polar surface area (TPSA) is 94.3 Å². The molecular weight excluding hydrogens is 218 g/mol. The molecule has 0 radical (unpaired) electrons. The summed E-state index contributed by atoms with van der Waals surface area (Å²) in [5, 5.41) is 0.799. The van der Waals surface area contributed by atoms with Crippen LogP contribution in [0.25, 0.3) is 0 Å². The van der Waals surface area contributed by atoms with Crippen molar-refractivity contribution in [1.82, 2.24) is 10.5 Å². The maximum atomic E-state index is 11.4. The van der Waals surface area contributed by atoms with Crippen LogP contribution in [0.1, 0.15) is 20.4 Å². The lowest BCUT2D eigenvalue weighted by atomic mass is 10.4. The van der Waals surface area contributed by atoms with Crippen LogP contribution >= 0.6 is 11.3 Å². The van der Waals surface area contributed by atoms with Gasteiger partial charge < -0.3 is 5.73 Å². The molecule has 1 aromatic heterocycles. The van der Waals surface area contributed by atoms with Gasteiger partial charge in [-0.2, -0.15) is 0 Å². The van der Waals surface area contributed by atoms with E-state index in [1.165, 1.54) is 11.3 Å². The fourth-order valence-corrected chi connectivity index (χ4v) is 1.77. The number of hydrogen-bond acceptors (Lipinski definition) is 5. The number of aromatic nitrogens is 1. The zero-order valence-corrected chi connectivity index (χ0v) is 9.18. The second-order valence-corrected chi connectivity index (χ2v) is 4.04. The molecule has 3 N–H and O–H groups in total. The second kappa shape index (κ2) is 4.85. The molecule has 0 bridgehead atoms. The summed E-state index contributed by atoms with van der Waals surface area (Å²) >= 11 is 1.26. The van der Waals surface area contributed by atoms with E-state index in [2.05, 4.69) is 15.3 Å². The fourth-order valence-electron chi connectivity index (χ4n) is 0.961. The van der Waals surface area contributed by atoms with Crippen molar-refractivity contribution >= 4 is 23.2 Å². The van der Waals surface area contributed by atoms with Gasteiger partial charge in [-0.3, -0.25) is 14.4 Å². The number of nitrogens with one attached hydrogen (secondary N) is 1. The van der Waals surface area contributed by atoms with Crippen LogP contribution in [0.5, 0.6) is 0 Å². The summed E-state index contributed by atoms with van der Waals surface area (Å²) in [6, 6.07) is 0.